The van der Waals surface area contributed by atoms with Gasteiger partial charge in [0.05, 0.1) is 0 Å². The van der Waals surface area contributed by atoms with Crippen molar-refractivity contribution in [1.82, 2.24) is 10.2 Å². The highest BCUT2D eigenvalue weighted by Crippen LogP contribution is 2.22. The van der Waals surface area contributed by atoms with Gasteiger partial charge in [0, 0.05) is 38.8 Å². The third kappa shape index (κ3) is 3.06. The van der Waals surface area contributed by atoms with Gasteiger partial charge in [-0.3, -0.25) is 4.90 Å². The standard InChI is InChI=1S/C14H23N3/c1-2-12-3-5-13(6-4-12)14-11-16-8-10-17(14)9-7-15/h3-6,14,16H,2,7-11,15H2,1H3. The molecule has 1 aliphatic heterocycles. The summed E-state index contributed by atoms with van der Waals surface area (Å²) in [4.78, 5) is 2.48. The van der Waals surface area contributed by atoms with E-state index in [2.05, 4.69) is 41.4 Å². The molecule has 1 aromatic carbocycles. The molecule has 0 bridgehead atoms. The minimum atomic E-state index is 0.484. The Hall–Kier alpha value is -0.900. The van der Waals surface area contributed by atoms with Crippen LogP contribution in [0.4, 0.5) is 0 Å². The quantitative estimate of drug-likeness (QED) is 0.820. The molecule has 1 fully saturated rings. The number of nitrogens with two attached hydrogens (primary N) is 1. The smallest absolute Gasteiger partial charge is 0.0473 e. The third-order valence-electron chi connectivity index (χ3n) is 3.54. The van der Waals surface area contributed by atoms with Gasteiger partial charge in [-0.25, -0.2) is 0 Å². The monoisotopic (exact) mass is 233 g/mol. The largest absolute Gasteiger partial charge is 0.329 e. The third-order valence-corrected chi connectivity index (χ3v) is 3.54. The fraction of sp³-hybridized carbons (Fsp3) is 0.571. The Morgan fingerprint density at radius 2 is 2.12 bits per heavy atom. The number of aryl methyl sites for hydroxylation is 1. The SMILES string of the molecule is CCc1ccc(C2CNCCN2CCN)cc1. The maximum atomic E-state index is 5.68. The highest BCUT2D eigenvalue weighted by molar-refractivity contribution is 5.25. The minimum Gasteiger partial charge on any atom is -0.329 e. The number of hydrogen-bond acceptors (Lipinski definition) is 3. The molecule has 0 amide bonds. The van der Waals surface area contributed by atoms with Gasteiger partial charge in [-0.05, 0) is 17.5 Å². The zero-order chi connectivity index (χ0) is 12.1. The first-order valence-corrected chi connectivity index (χ1v) is 6.58. The van der Waals surface area contributed by atoms with Crippen LogP contribution in [0.15, 0.2) is 24.3 Å². The lowest BCUT2D eigenvalue weighted by Crippen LogP contribution is -2.47. The van der Waals surface area contributed by atoms with Crippen molar-refractivity contribution in [2.24, 2.45) is 5.73 Å². The van der Waals surface area contributed by atoms with Gasteiger partial charge in [-0.2, -0.15) is 0 Å². The zero-order valence-electron chi connectivity index (χ0n) is 10.7. The second-order valence-corrected chi connectivity index (χ2v) is 4.64. The maximum absolute atomic E-state index is 5.68. The lowest BCUT2D eigenvalue weighted by molar-refractivity contribution is 0.167. The van der Waals surface area contributed by atoms with Crippen LogP contribution in [-0.4, -0.2) is 37.6 Å². The number of nitrogens with one attached hydrogen (secondary N) is 1. The van der Waals surface area contributed by atoms with Gasteiger partial charge in [0.25, 0.3) is 0 Å². The van der Waals surface area contributed by atoms with Crippen molar-refractivity contribution in [3.63, 3.8) is 0 Å². The molecule has 1 aromatic rings. The van der Waals surface area contributed by atoms with E-state index in [9.17, 15) is 0 Å². The van der Waals surface area contributed by atoms with Crippen LogP contribution in [0.25, 0.3) is 0 Å². The van der Waals surface area contributed by atoms with Crippen molar-refractivity contribution in [3.05, 3.63) is 35.4 Å². The minimum absolute atomic E-state index is 0.484. The molecule has 0 saturated carbocycles. The van der Waals surface area contributed by atoms with Crippen LogP contribution >= 0.6 is 0 Å². The summed E-state index contributed by atoms with van der Waals surface area (Å²) in [7, 11) is 0. The molecular weight excluding hydrogens is 210 g/mol. The van der Waals surface area contributed by atoms with Crippen LogP contribution in [-0.2, 0) is 6.42 Å². The number of piperazine rings is 1. The highest BCUT2D eigenvalue weighted by Gasteiger charge is 2.22. The average molecular weight is 233 g/mol. The lowest BCUT2D eigenvalue weighted by Gasteiger charge is -2.36. The van der Waals surface area contributed by atoms with Gasteiger partial charge in [0.15, 0.2) is 0 Å². The number of benzene rings is 1. The van der Waals surface area contributed by atoms with E-state index < -0.39 is 0 Å². The van der Waals surface area contributed by atoms with E-state index in [-0.39, 0.29) is 0 Å². The van der Waals surface area contributed by atoms with Gasteiger partial charge in [0.2, 0.25) is 0 Å². The molecule has 3 nitrogen and oxygen atoms in total. The molecule has 1 atom stereocenters. The summed E-state index contributed by atoms with van der Waals surface area (Å²) in [6.07, 6.45) is 1.11. The summed E-state index contributed by atoms with van der Waals surface area (Å²) in [5, 5.41) is 3.47. The Morgan fingerprint density at radius 3 is 2.76 bits per heavy atom. The van der Waals surface area contributed by atoms with Crippen LogP contribution in [0.1, 0.15) is 24.1 Å². The van der Waals surface area contributed by atoms with E-state index in [1.807, 2.05) is 0 Å². The molecular formula is C14H23N3. The number of hydrogen-bond donors (Lipinski definition) is 2. The molecule has 0 aliphatic carbocycles. The molecule has 0 spiro atoms. The lowest BCUT2D eigenvalue weighted by atomic mass is 10.0. The summed E-state index contributed by atoms with van der Waals surface area (Å²) in [6, 6.07) is 9.49. The van der Waals surface area contributed by atoms with E-state index in [0.717, 1.165) is 39.1 Å². The Bertz CT molecular complexity index is 332. The molecule has 0 aromatic heterocycles. The number of rotatable bonds is 4. The predicted molar refractivity (Wildman–Crippen MR) is 72.1 cm³/mol. The first kappa shape index (κ1) is 12.6. The van der Waals surface area contributed by atoms with Crippen molar-refractivity contribution >= 4 is 0 Å². The summed E-state index contributed by atoms with van der Waals surface area (Å²) in [6.45, 7) is 7.12. The normalized spacial score (nSPS) is 21.6. The summed E-state index contributed by atoms with van der Waals surface area (Å²) >= 11 is 0. The topological polar surface area (TPSA) is 41.3 Å². The Kier molecular flexibility index (Phi) is 4.54. The van der Waals surface area contributed by atoms with Crippen LogP contribution in [0, 0.1) is 0 Å². The first-order valence-electron chi connectivity index (χ1n) is 6.58. The van der Waals surface area contributed by atoms with E-state index in [0.29, 0.717) is 6.04 Å². The molecule has 94 valence electrons. The van der Waals surface area contributed by atoms with Crippen molar-refractivity contribution in [2.75, 3.05) is 32.7 Å². The molecule has 3 N–H and O–H groups in total. The molecule has 1 saturated heterocycles. The van der Waals surface area contributed by atoms with E-state index in [1.54, 1.807) is 0 Å². The number of nitrogens with zero attached hydrogens (tertiary/aromatic N) is 1. The highest BCUT2D eigenvalue weighted by atomic mass is 15.2. The van der Waals surface area contributed by atoms with Crippen LogP contribution in [0.3, 0.4) is 0 Å². The Labute approximate surface area is 104 Å². The summed E-state index contributed by atoms with van der Waals surface area (Å²) in [5.74, 6) is 0. The maximum Gasteiger partial charge on any atom is 0.0473 e. The van der Waals surface area contributed by atoms with Gasteiger partial charge in [0.1, 0.15) is 0 Å². The molecule has 1 heterocycles. The van der Waals surface area contributed by atoms with Gasteiger partial charge < -0.3 is 11.1 Å². The second-order valence-electron chi connectivity index (χ2n) is 4.64. The summed E-state index contributed by atoms with van der Waals surface area (Å²) in [5.41, 5.74) is 8.49. The molecule has 1 aliphatic rings. The van der Waals surface area contributed by atoms with Gasteiger partial charge in [-0.15, -0.1) is 0 Å². The molecule has 17 heavy (non-hydrogen) atoms. The van der Waals surface area contributed by atoms with E-state index in [1.165, 1.54) is 11.1 Å². The molecule has 2 rings (SSSR count). The van der Waals surface area contributed by atoms with E-state index in [4.69, 9.17) is 5.73 Å². The second kappa shape index (κ2) is 6.15. The first-order chi connectivity index (χ1) is 8.35. The molecule has 0 radical (unpaired) electrons. The van der Waals surface area contributed by atoms with Crippen molar-refractivity contribution in [1.29, 1.82) is 0 Å². The predicted octanol–water partition coefficient (Wildman–Crippen LogP) is 1.15. The Balaban J connectivity index is 2.11. The zero-order valence-corrected chi connectivity index (χ0v) is 10.7. The van der Waals surface area contributed by atoms with Crippen LogP contribution in [0.5, 0.6) is 0 Å². The fourth-order valence-corrected chi connectivity index (χ4v) is 2.48. The van der Waals surface area contributed by atoms with Crippen LogP contribution < -0.4 is 11.1 Å². The van der Waals surface area contributed by atoms with Crippen molar-refractivity contribution in [3.8, 4) is 0 Å². The van der Waals surface area contributed by atoms with E-state index >= 15 is 0 Å². The van der Waals surface area contributed by atoms with Crippen molar-refractivity contribution in [2.45, 2.75) is 19.4 Å². The summed E-state index contributed by atoms with van der Waals surface area (Å²) < 4.78 is 0. The fourth-order valence-electron chi connectivity index (χ4n) is 2.48. The van der Waals surface area contributed by atoms with Crippen LogP contribution in [0.2, 0.25) is 0 Å². The average Bonchev–Trinajstić information content (AvgIpc) is 2.40. The Morgan fingerprint density at radius 1 is 1.35 bits per heavy atom. The molecule has 1 unspecified atom stereocenters. The van der Waals surface area contributed by atoms with Gasteiger partial charge in [-0.1, -0.05) is 31.2 Å². The van der Waals surface area contributed by atoms with Gasteiger partial charge >= 0.3 is 0 Å². The molecule has 3 heteroatoms. The van der Waals surface area contributed by atoms with Crippen molar-refractivity contribution < 1.29 is 0 Å².